The molecule has 0 radical (unpaired) electrons. The number of aromatic hydroxyl groups is 2. The van der Waals surface area contributed by atoms with Crippen molar-refractivity contribution >= 4 is 0 Å². The SMILES string of the molecule is COc1c(O)c(C)c(C/C=C(\C)CC/C=C(\C)CC/C=C(/C)CC/C=C(/C)CC/C=C(/C)CC/C=C(\C)CC/C=C(\C)CCC=C(C)C)c(O)c1OC. The van der Waals surface area contributed by atoms with Crippen molar-refractivity contribution in [1.82, 2.24) is 0 Å². The van der Waals surface area contributed by atoms with Gasteiger partial charge in [-0.05, 0) is 166 Å². The van der Waals surface area contributed by atoms with Gasteiger partial charge in [0.25, 0.3) is 0 Å². The minimum absolute atomic E-state index is 0.00661. The van der Waals surface area contributed by atoms with Crippen LogP contribution in [0.1, 0.15) is 163 Å². The molecule has 0 amide bonds. The maximum atomic E-state index is 10.7. The Morgan fingerprint density at radius 1 is 0.415 bits per heavy atom. The molecule has 296 valence electrons. The van der Waals surface area contributed by atoms with Crippen LogP contribution in [0.3, 0.4) is 0 Å². The molecule has 0 aliphatic heterocycles. The molecule has 4 nitrogen and oxygen atoms in total. The fraction of sp³-hybridized carbons (Fsp3) is 0.551. The summed E-state index contributed by atoms with van der Waals surface area (Å²) in [6.07, 6.45) is 35.1. The molecule has 0 saturated heterocycles. The molecule has 0 aromatic heterocycles. The molecule has 0 aliphatic carbocycles. The summed E-state index contributed by atoms with van der Waals surface area (Å²) in [5, 5.41) is 21.2. The van der Waals surface area contributed by atoms with Gasteiger partial charge in [-0.2, -0.15) is 0 Å². The van der Waals surface area contributed by atoms with E-state index < -0.39 is 0 Å². The summed E-state index contributed by atoms with van der Waals surface area (Å²) in [5.74, 6) is 0.357. The number of phenols is 2. The summed E-state index contributed by atoms with van der Waals surface area (Å²) in [6, 6.07) is 0. The molecular weight excluding hydrogens is 653 g/mol. The molecule has 0 atom stereocenters. The lowest BCUT2D eigenvalue weighted by molar-refractivity contribution is 0.314. The fourth-order valence-electron chi connectivity index (χ4n) is 6.33. The summed E-state index contributed by atoms with van der Waals surface area (Å²) in [4.78, 5) is 0. The van der Waals surface area contributed by atoms with Crippen LogP contribution < -0.4 is 9.47 Å². The summed E-state index contributed by atoms with van der Waals surface area (Å²) >= 11 is 0. The van der Waals surface area contributed by atoms with Crippen LogP contribution in [0.15, 0.2) is 93.2 Å². The highest BCUT2D eigenvalue weighted by atomic mass is 16.5. The molecule has 0 saturated carbocycles. The minimum atomic E-state index is 0.00661. The van der Waals surface area contributed by atoms with Gasteiger partial charge in [-0.1, -0.05) is 93.2 Å². The molecule has 2 N–H and O–H groups in total. The topological polar surface area (TPSA) is 58.9 Å². The average molecular weight is 729 g/mol. The van der Waals surface area contributed by atoms with Crippen LogP contribution in [-0.4, -0.2) is 24.4 Å². The molecule has 0 aliphatic rings. The van der Waals surface area contributed by atoms with E-state index >= 15 is 0 Å². The van der Waals surface area contributed by atoms with Gasteiger partial charge in [-0.25, -0.2) is 0 Å². The standard InChI is InChI=1S/C49H76O4/c1-36(2)20-13-21-37(3)22-14-23-38(4)24-15-25-39(5)26-16-27-40(6)28-17-29-41(7)30-18-31-42(8)32-19-33-43(9)34-35-45-44(10)46(50)48(52-11)49(53-12)47(45)51/h20,22,24,26,28,30,32,34,50-51H,13-19,21,23,25,27,29,31,33,35H2,1-12H3/b37-22+,38-24+,39-26-,40-28-,41-30-,42-32+,43-34+. The highest BCUT2D eigenvalue weighted by Gasteiger charge is 2.22. The van der Waals surface area contributed by atoms with E-state index in [0.29, 0.717) is 17.5 Å². The lowest BCUT2D eigenvalue weighted by Crippen LogP contribution is -1.98. The Balaban J connectivity index is 2.36. The van der Waals surface area contributed by atoms with E-state index in [1.165, 1.54) is 71.6 Å². The minimum Gasteiger partial charge on any atom is -0.504 e. The zero-order chi connectivity index (χ0) is 39.8. The molecule has 1 aromatic rings. The Hall–Kier alpha value is -3.66. The monoisotopic (exact) mass is 729 g/mol. The number of benzene rings is 1. The van der Waals surface area contributed by atoms with Crippen molar-refractivity contribution < 1.29 is 19.7 Å². The normalized spacial score (nSPS) is 13.8. The Bertz CT molecular complexity index is 1520. The third-order valence-electron chi connectivity index (χ3n) is 10.1. The van der Waals surface area contributed by atoms with E-state index in [4.69, 9.17) is 9.47 Å². The summed E-state index contributed by atoms with van der Waals surface area (Å²) in [6.45, 7) is 21.9. The number of hydrogen-bond donors (Lipinski definition) is 2. The average Bonchev–Trinajstić information content (AvgIpc) is 3.09. The third-order valence-corrected chi connectivity index (χ3v) is 10.1. The highest BCUT2D eigenvalue weighted by molar-refractivity contribution is 5.66. The van der Waals surface area contributed by atoms with Crippen LogP contribution in [0.5, 0.6) is 23.0 Å². The lowest BCUT2D eigenvalue weighted by Gasteiger charge is -2.17. The van der Waals surface area contributed by atoms with Gasteiger partial charge in [0.2, 0.25) is 11.5 Å². The summed E-state index contributed by atoms with van der Waals surface area (Å²) in [5.41, 5.74) is 12.9. The Labute approximate surface area is 325 Å². The van der Waals surface area contributed by atoms with Gasteiger partial charge >= 0.3 is 0 Å². The summed E-state index contributed by atoms with van der Waals surface area (Å²) in [7, 11) is 2.91. The fourth-order valence-corrected chi connectivity index (χ4v) is 6.33. The second kappa shape index (κ2) is 27.0. The molecule has 1 rings (SSSR count). The molecule has 0 unspecified atom stereocenters. The van der Waals surface area contributed by atoms with E-state index in [2.05, 4.69) is 111 Å². The lowest BCUT2D eigenvalue weighted by atomic mass is 9.99. The van der Waals surface area contributed by atoms with Crippen LogP contribution in [0.25, 0.3) is 0 Å². The predicted octanol–water partition coefficient (Wildman–Crippen LogP) is 15.0. The van der Waals surface area contributed by atoms with Crippen LogP contribution in [-0.2, 0) is 6.42 Å². The first-order valence-corrected chi connectivity index (χ1v) is 20.1. The van der Waals surface area contributed by atoms with Crippen LogP contribution in [0.4, 0.5) is 0 Å². The van der Waals surface area contributed by atoms with Gasteiger partial charge in [-0.3, -0.25) is 0 Å². The molecular formula is C49H76O4. The molecule has 53 heavy (non-hydrogen) atoms. The largest absolute Gasteiger partial charge is 0.504 e. The predicted molar refractivity (Wildman–Crippen MR) is 232 cm³/mol. The van der Waals surface area contributed by atoms with Crippen molar-refractivity contribution in [1.29, 1.82) is 0 Å². The first kappa shape index (κ1) is 47.4. The highest BCUT2D eigenvalue weighted by Crippen LogP contribution is 2.48. The van der Waals surface area contributed by atoms with Crippen molar-refractivity contribution in [3.8, 4) is 23.0 Å². The maximum Gasteiger partial charge on any atom is 0.207 e. The molecule has 0 bridgehead atoms. The summed E-state index contributed by atoms with van der Waals surface area (Å²) < 4.78 is 10.5. The van der Waals surface area contributed by atoms with Gasteiger partial charge in [-0.15, -0.1) is 0 Å². The van der Waals surface area contributed by atoms with Crippen molar-refractivity contribution in [3.63, 3.8) is 0 Å². The van der Waals surface area contributed by atoms with Crippen molar-refractivity contribution in [2.24, 2.45) is 0 Å². The zero-order valence-corrected chi connectivity index (χ0v) is 35.9. The number of methoxy groups -OCH3 is 2. The molecule has 0 spiro atoms. The van der Waals surface area contributed by atoms with Gasteiger partial charge in [0, 0.05) is 11.1 Å². The maximum absolute atomic E-state index is 10.7. The smallest absolute Gasteiger partial charge is 0.207 e. The van der Waals surface area contributed by atoms with E-state index in [0.717, 1.165) is 77.0 Å². The van der Waals surface area contributed by atoms with Crippen LogP contribution in [0, 0.1) is 6.92 Å². The Morgan fingerprint density at radius 3 is 0.962 bits per heavy atom. The number of ether oxygens (including phenoxy) is 2. The molecule has 0 heterocycles. The third kappa shape index (κ3) is 20.4. The van der Waals surface area contributed by atoms with Crippen molar-refractivity contribution in [2.45, 2.75) is 166 Å². The molecule has 0 fully saturated rings. The Kier molecular flexibility index (Phi) is 24.1. The quantitative estimate of drug-likeness (QED) is 0.0777. The van der Waals surface area contributed by atoms with Gasteiger partial charge in [0.1, 0.15) is 0 Å². The molecule has 4 heteroatoms. The number of rotatable bonds is 25. The first-order valence-electron chi connectivity index (χ1n) is 20.1. The van der Waals surface area contributed by atoms with E-state index in [-0.39, 0.29) is 23.0 Å². The van der Waals surface area contributed by atoms with Crippen LogP contribution in [0.2, 0.25) is 0 Å². The van der Waals surface area contributed by atoms with Crippen molar-refractivity contribution in [3.05, 3.63) is 104 Å². The first-order chi connectivity index (χ1) is 25.2. The van der Waals surface area contributed by atoms with Gasteiger partial charge < -0.3 is 19.7 Å². The van der Waals surface area contributed by atoms with E-state index in [1.54, 1.807) is 6.92 Å². The van der Waals surface area contributed by atoms with E-state index in [1.807, 2.05) is 0 Å². The number of allylic oxidation sites excluding steroid dienone is 16. The number of phenolic OH excluding ortho intramolecular Hbond substituents is 2. The van der Waals surface area contributed by atoms with Crippen LogP contribution >= 0.6 is 0 Å². The zero-order valence-electron chi connectivity index (χ0n) is 35.9. The van der Waals surface area contributed by atoms with E-state index in [9.17, 15) is 10.2 Å². The molecule has 1 aromatic carbocycles. The van der Waals surface area contributed by atoms with Gasteiger partial charge in [0.05, 0.1) is 14.2 Å². The van der Waals surface area contributed by atoms with Gasteiger partial charge in [0.15, 0.2) is 11.5 Å². The Morgan fingerprint density at radius 2 is 0.679 bits per heavy atom. The number of hydrogen-bond acceptors (Lipinski definition) is 4. The second-order valence-corrected chi connectivity index (χ2v) is 15.5. The van der Waals surface area contributed by atoms with Crippen molar-refractivity contribution in [2.75, 3.05) is 14.2 Å². The second-order valence-electron chi connectivity index (χ2n) is 15.5.